The van der Waals surface area contributed by atoms with Gasteiger partial charge < -0.3 is 10.5 Å². The fourth-order valence-corrected chi connectivity index (χ4v) is 1.22. The smallest absolute Gasteiger partial charge is 0.124 e. The minimum atomic E-state index is 0.317. The molecule has 1 aromatic rings. The van der Waals surface area contributed by atoms with Crippen LogP contribution in [-0.2, 0) is 6.54 Å². The average molecular weight is 212 g/mol. The summed E-state index contributed by atoms with van der Waals surface area (Å²) in [5.41, 5.74) is 7.75. The Morgan fingerprint density at radius 3 is 2.86 bits per heavy atom. The normalized spacial score (nSPS) is 9.93. The Balaban J connectivity index is 2.80. The van der Waals surface area contributed by atoms with Crippen LogP contribution in [0.3, 0.4) is 0 Å². The molecule has 0 aliphatic rings. The highest BCUT2D eigenvalue weighted by molar-refractivity contribution is 6.29. The lowest BCUT2D eigenvalue weighted by molar-refractivity contribution is 0.355. The maximum Gasteiger partial charge on any atom is 0.124 e. The number of benzene rings is 1. The minimum Gasteiger partial charge on any atom is -0.488 e. The molecule has 0 saturated carbocycles. The Bertz CT molecular complexity index is 336. The Kier molecular flexibility index (Phi) is 3.98. The Hall–Kier alpha value is -0.990. The van der Waals surface area contributed by atoms with E-state index in [9.17, 15) is 0 Å². The van der Waals surface area contributed by atoms with Crippen LogP contribution in [0.25, 0.3) is 0 Å². The number of halogens is 1. The van der Waals surface area contributed by atoms with Gasteiger partial charge in [0.05, 0.1) is 0 Å². The lowest BCUT2D eigenvalue weighted by Crippen LogP contribution is -2.03. The first-order chi connectivity index (χ1) is 6.63. The lowest BCUT2D eigenvalue weighted by atomic mass is 10.1. The van der Waals surface area contributed by atoms with Crippen molar-refractivity contribution in [2.24, 2.45) is 5.73 Å². The van der Waals surface area contributed by atoms with Crippen LogP contribution in [0.1, 0.15) is 11.1 Å². The van der Waals surface area contributed by atoms with E-state index >= 15 is 0 Å². The molecule has 0 aliphatic carbocycles. The summed E-state index contributed by atoms with van der Waals surface area (Å²) in [5, 5.41) is 0.480. The van der Waals surface area contributed by atoms with Crippen LogP contribution in [0.15, 0.2) is 29.8 Å². The van der Waals surface area contributed by atoms with Gasteiger partial charge in [-0.1, -0.05) is 35.9 Å². The van der Waals surface area contributed by atoms with Gasteiger partial charge in [0, 0.05) is 17.1 Å². The second kappa shape index (κ2) is 5.03. The van der Waals surface area contributed by atoms with Crippen LogP contribution >= 0.6 is 11.6 Å². The summed E-state index contributed by atoms with van der Waals surface area (Å²) < 4.78 is 5.43. The molecule has 0 aromatic heterocycles. The molecule has 14 heavy (non-hydrogen) atoms. The lowest BCUT2D eigenvalue weighted by Gasteiger charge is -2.10. The number of nitrogens with two attached hydrogens (primary N) is 1. The molecule has 2 N–H and O–H groups in total. The fraction of sp³-hybridized carbons (Fsp3) is 0.273. The highest BCUT2D eigenvalue weighted by Crippen LogP contribution is 2.20. The van der Waals surface area contributed by atoms with Crippen molar-refractivity contribution in [2.45, 2.75) is 13.5 Å². The minimum absolute atomic E-state index is 0.317. The molecule has 76 valence electrons. The molecule has 0 amide bonds. The summed E-state index contributed by atoms with van der Waals surface area (Å²) in [6.07, 6.45) is 0. The van der Waals surface area contributed by atoms with Crippen LogP contribution in [0.2, 0.25) is 0 Å². The summed E-state index contributed by atoms with van der Waals surface area (Å²) in [5.74, 6) is 0.778. The molecule has 0 aliphatic heterocycles. The summed E-state index contributed by atoms with van der Waals surface area (Å²) in [6.45, 7) is 6.35. The molecule has 1 rings (SSSR count). The second-order valence-corrected chi connectivity index (χ2v) is 3.66. The van der Waals surface area contributed by atoms with Crippen LogP contribution in [0.4, 0.5) is 0 Å². The molecule has 0 heterocycles. The third kappa shape index (κ3) is 3.05. The van der Waals surface area contributed by atoms with E-state index in [0.29, 0.717) is 18.2 Å². The largest absolute Gasteiger partial charge is 0.488 e. The summed E-state index contributed by atoms with van der Waals surface area (Å²) in [6, 6.07) is 5.88. The first kappa shape index (κ1) is 11.1. The molecular formula is C11H14ClNO. The molecule has 0 atom stereocenters. The van der Waals surface area contributed by atoms with Crippen molar-refractivity contribution in [2.75, 3.05) is 6.61 Å². The zero-order chi connectivity index (χ0) is 10.6. The first-order valence-electron chi connectivity index (χ1n) is 4.39. The van der Waals surface area contributed by atoms with E-state index in [1.807, 2.05) is 25.1 Å². The molecule has 3 heteroatoms. The highest BCUT2D eigenvalue weighted by Gasteiger charge is 2.02. The van der Waals surface area contributed by atoms with Gasteiger partial charge >= 0.3 is 0 Å². The third-order valence-electron chi connectivity index (χ3n) is 1.82. The zero-order valence-corrected chi connectivity index (χ0v) is 8.97. The summed E-state index contributed by atoms with van der Waals surface area (Å²) >= 11 is 5.60. The van der Waals surface area contributed by atoms with Crippen molar-refractivity contribution in [3.8, 4) is 5.75 Å². The SMILES string of the molecule is C=C(Cl)COc1ccc(C)cc1CN. The van der Waals surface area contributed by atoms with Crippen LogP contribution in [-0.4, -0.2) is 6.61 Å². The summed E-state index contributed by atoms with van der Waals surface area (Å²) in [7, 11) is 0. The van der Waals surface area contributed by atoms with Gasteiger partial charge in [0.25, 0.3) is 0 Å². The van der Waals surface area contributed by atoms with Crippen LogP contribution < -0.4 is 10.5 Å². The maximum atomic E-state index is 5.60. The predicted octanol–water partition coefficient (Wildman–Crippen LogP) is 2.59. The van der Waals surface area contributed by atoms with E-state index in [0.717, 1.165) is 11.3 Å². The van der Waals surface area contributed by atoms with Crippen LogP contribution in [0, 0.1) is 6.92 Å². The molecule has 0 saturated heterocycles. The van der Waals surface area contributed by atoms with Crippen LogP contribution in [0.5, 0.6) is 5.75 Å². The maximum absolute atomic E-state index is 5.60. The quantitative estimate of drug-likeness (QED) is 0.831. The number of hydrogen-bond acceptors (Lipinski definition) is 2. The predicted molar refractivity (Wildman–Crippen MR) is 59.6 cm³/mol. The van der Waals surface area contributed by atoms with Crippen molar-refractivity contribution in [1.82, 2.24) is 0 Å². The topological polar surface area (TPSA) is 35.2 Å². The van der Waals surface area contributed by atoms with E-state index in [2.05, 4.69) is 6.58 Å². The number of ether oxygens (including phenoxy) is 1. The fourth-order valence-electron chi connectivity index (χ4n) is 1.16. The van der Waals surface area contributed by atoms with Crippen molar-refractivity contribution in [1.29, 1.82) is 0 Å². The monoisotopic (exact) mass is 211 g/mol. The van der Waals surface area contributed by atoms with E-state index in [-0.39, 0.29) is 0 Å². The van der Waals surface area contributed by atoms with Gasteiger partial charge in [-0.2, -0.15) is 0 Å². The number of hydrogen-bond donors (Lipinski definition) is 1. The van der Waals surface area contributed by atoms with E-state index < -0.39 is 0 Å². The average Bonchev–Trinajstić information content (AvgIpc) is 2.15. The second-order valence-electron chi connectivity index (χ2n) is 3.12. The molecule has 2 nitrogen and oxygen atoms in total. The highest BCUT2D eigenvalue weighted by atomic mass is 35.5. The van der Waals surface area contributed by atoms with Gasteiger partial charge in [-0.15, -0.1) is 0 Å². The Morgan fingerprint density at radius 1 is 1.57 bits per heavy atom. The Labute approximate surface area is 89.3 Å². The van der Waals surface area contributed by atoms with Gasteiger partial charge in [-0.3, -0.25) is 0 Å². The van der Waals surface area contributed by atoms with Crippen molar-refractivity contribution < 1.29 is 4.74 Å². The number of rotatable bonds is 4. The molecular weight excluding hydrogens is 198 g/mol. The Morgan fingerprint density at radius 2 is 2.29 bits per heavy atom. The van der Waals surface area contributed by atoms with Gasteiger partial charge in [-0.25, -0.2) is 0 Å². The molecule has 0 fully saturated rings. The van der Waals surface area contributed by atoms with Crippen molar-refractivity contribution >= 4 is 11.6 Å². The van der Waals surface area contributed by atoms with Crippen molar-refractivity contribution in [3.05, 3.63) is 40.9 Å². The molecule has 0 radical (unpaired) electrons. The first-order valence-corrected chi connectivity index (χ1v) is 4.77. The molecule has 0 spiro atoms. The zero-order valence-electron chi connectivity index (χ0n) is 8.22. The van der Waals surface area contributed by atoms with Gasteiger partial charge in [0.1, 0.15) is 12.4 Å². The van der Waals surface area contributed by atoms with E-state index in [1.165, 1.54) is 5.56 Å². The third-order valence-corrected chi connectivity index (χ3v) is 1.93. The standard InChI is InChI=1S/C11H14ClNO/c1-8-3-4-11(10(5-8)6-13)14-7-9(2)12/h3-5H,2,6-7,13H2,1H3. The summed E-state index contributed by atoms with van der Waals surface area (Å²) in [4.78, 5) is 0. The molecule has 0 unspecified atom stereocenters. The number of aryl methyl sites for hydroxylation is 1. The van der Waals surface area contributed by atoms with E-state index in [4.69, 9.17) is 22.1 Å². The van der Waals surface area contributed by atoms with Crippen molar-refractivity contribution in [3.63, 3.8) is 0 Å². The molecule has 1 aromatic carbocycles. The van der Waals surface area contributed by atoms with Gasteiger partial charge in [0.2, 0.25) is 0 Å². The van der Waals surface area contributed by atoms with Gasteiger partial charge in [0.15, 0.2) is 0 Å². The van der Waals surface area contributed by atoms with Gasteiger partial charge in [-0.05, 0) is 13.0 Å². The molecule has 0 bridgehead atoms. The van der Waals surface area contributed by atoms with E-state index in [1.54, 1.807) is 0 Å².